The molecular formula is C24H33N3O3S. The van der Waals surface area contributed by atoms with Gasteiger partial charge in [-0.1, -0.05) is 36.4 Å². The molecule has 168 valence electrons. The number of thiophene rings is 1. The smallest absolute Gasteiger partial charge is 0.408 e. The highest BCUT2D eigenvalue weighted by Gasteiger charge is 2.28. The number of alkyl carbamates (subject to hydrolysis) is 1. The van der Waals surface area contributed by atoms with Gasteiger partial charge >= 0.3 is 6.09 Å². The van der Waals surface area contributed by atoms with Crippen molar-refractivity contribution in [3.63, 3.8) is 0 Å². The summed E-state index contributed by atoms with van der Waals surface area (Å²) in [4.78, 5) is 29.2. The van der Waals surface area contributed by atoms with Crippen molar-refractivity contribution in [1.29, 1.82) is 0 Å². The van der Waals surface area contributed by atoms with Crippen LogP contribution in [0.5, 0.6) is 0 Å². The van der Waals surface area contributed by atoms with Crippen LogP contribution in [0, 0.1) is 0 Å². The summed E-state index contributed by atoms with van der Waals surface area (Å²) in [6.45, 7) is 8.02. The van der Waals surface area contributed by atoms with E-state index in [1.165, 1.54) is 17.7 Å². The molecule has 1 aliphatic rings. The lowest BCUT2D eigenvalue weighted by molar-refractivity contribution is -0.123. The van der Waals surface area contributed by atoms with Gasteiger partial charge in [0.05, 0.1) is 6.04 Å². The number of likely N-dealkylation sites (tertiary alicyclic amines) is 1. The van der Waals surface area contributed by atoms with Gasteiger partial charge in [0.25, 0.3) is 0 Å². The predicted octanol–water partition coefficient (Wildman–Crippen LogP) is 4.14. The Balaban J connectivity index is 1.68. The Morgan fingerprint density at radius 1 is 1.10 bits per heavy atom. The third-order valence-electron chi connectivity index (χ3n) is 5.21. The van der Waals surface area contributed by atoms with Crippen molar-refractivity contribution in [2.45, 2.75) is 57.7 Å². The number of benzene rings is 1. The second-order valence-electron chi connectivity index (χ2n) is 8.91. The highest BCUT2D eigenvalue weighted by molar-refractivity contribution is 7.10. The third-order valence-corrected chi connectivity index (χ3v) is 6.19. The van der Waals surface area contributed by atoms with Gasteiger partial charge in [-0.3, -0.25) is 9.69 Å². The summed E-state index contributed by atoms with van der Waals surface area (Å²) in [5.41, 5.74) is 0.353. The Morgan fingerprint density at radius 2 is 1.81 bits per heavy atom. The zero-order valence-electron chi connectivity index (χ0n) is 18.6. The van der Waals surface area contributed by atoms with E-state index in [4.69, 9.17) is 4.74 Å². The Morgan fingerprint density at radius 3 is 2.42 bits per heavy atom. The van der Waals surface area contributed by atoms with E-state index in [2.05, 4.69) is 27.0 Å². The molecule has 7 heteroatoms. The molecule has 0 aliphatic carbocycles. The summed E-state index contributed by atoms with van der Waals surface area (Å²) >= 11 is 1.71. The van der Waals surface area contributed by atoms with E-state index in [-0.39, 0.29) is 11.9 Å². The Kier molecular flexibility index (Phi) is 8.09. The maximum Gasteiger partial charge on any atom is 0.408 e. The van der Waals surface area contributed by atoms with E-state index in [0.29, 0.717) is 13.0 Å². The average molecular weight is 444 g/mol. The molecule has 2 aromatic rings. The fourth-order valence-corrected chi connectivity index (χ4v) is 4.63. The summed E-state index contributed by atoms with van der Waals surface area (Å²) in [5, 5.41) is 7.93. The summed E-state index contributed by atoms with van der Waals surface area (Å²) in [6, 6.07) is 13.3. The van der Waals surface area contributed by atoms with Crippen molar-refractivity contribution in [1.82, 2.24) is 15.5 Å². The molecule has 0 radical (unpaired) electrons. The first-order chi connectivity index (χ1) is 14.8. The second kappa shape index (κ2) is 10.8. The lowest BCUT2D eigenvalue weighted by Crippen LogP contribution is -2.50. The van der Waals surface area contributed by atoms with Gasteiger partial charge in [-0.05, 0) is 63.7 Å². The minimum absolute atomic E-state index is 0.158. The molecule has 0 saturated carbocycles. The Bertz CT molecular complexity index is 828. The van der Waals surface area contributed by atoms with Crippen LogP contribution >= 0.6 is 11.3 Å². The van der Waals surface area contributed by atoms with Gasteiger partial charge < -0.3 is 15.4 Å². The molecule has 2 heterocycles. The molecule has 3 rings (SSSR count). The van der Waals surface area contributed by atoms with Gasteiger partial charge in [-0.25, -0.2) is 4.79 Å². The Hall–Kier alpha value is -2.38. The van der Waals surface area contributed by atoms with Crippen molar-refractivity contribution in [3.8, 4) is 0 Å². The van der Waals surface area contributed by atoms with Crippen LogP contribution in [0.2, 0.25) is 0 Å². The van der Waals surface area contributed by atoms with E-state index in [9.17, 15) is 9.59 Å². The zero-order valence-corrected chi connectivity index (χ0v) is 19.4. The number of carbonyl (C=O) groups is 2. The number of hydrogen-bond acceptors (Lipinski definition) is 5. The van der Waals surface area contributed by atoms with Gasteiger partial charge in [0.1, 0.15) is 11.6 Å². The minimum Gasteiger partial charge on any atom is -0.444 e. The van der Waals surface area contributed by atoms with Crippen molar-refractivity contribution < 1.29 is 14.3 Å². The van der Waals surface area contributed by atoms with Crippen LogP contribution in [-0.4, -0.2) is 48.2 Å². The van der Waals surface area contributed by atoms with Crippen LogP contribution in [-0.2, 0) is 16.0 Å². The average Bonchev–Trinajstić information content (AvgIpc) is 3.42. The van der Waals surface area contributed by atoms with Crippen LogP contribution in [0.1, 0.15) is 50.1 Å². The molecule has 1 saturated heterocycles. The standard InChI is InChI=1S/C24H33N3O3S/c1-24(2,3)30-23(29)26-19(16-18-10-5-4-6-11-18)22(28)25-17-20(21-12-9-15-31-21)27-13-7-8-14-27/h4-6,9-12,15,19-20H,7-8,13-14,16-17H2,1-3H3,(H,25,28)(H,26,29)/t19-,20?/m0/s1. The van der Waals surface area contributed by atoms with Crippen molar-refractivity contribution in [2.75, 3.05) is 19.6 Å². The molecule has 0 spiro atoms. The van der Waals surface area contributed by atoms with Gasteiger partial charge in [-0.15, -0.1) is 11.3 Å². The van der Waals surface area contributed by atoms with E-state index in [1.54, 1.807) is 32.1 Å². The second-order valence-corrected chi connectivity index (χ2v) is 9.89. The normalized spacial score (nSPS) is 16.5. The van der Waals surface area contributed by atoms with E-state index < -0.39 is 17.7 Å². The minimum atomic E-state index is -0.709. The molecule has 2 atom stereocenters. The number of nitrogens with one attached hydrogen (secondary N) is 2. The van der Waals surface area contributed by atoms with Gasteiger partial charge in [0.15, 0.2) is 0 Å². The third kappa shape index (κ3) is 7.36. The molecule has 2 N–H and O–H groups in total. The van der Waals surface area contributed by atoms with Crippen LogP contribution in [0.15, 0.2) is 47.8 Å². The summed E-state index contributed by atoms with van der Waals surface area (Å²) in [7, 11) is 0. The fraction of sp³-hybridized carbons (Fsp3) is 0.500. The largest absolute Gasteiger partial charge is 0.444 e. The fourth-order valence-electron chi connectivity index (χ4n) is 3.77. The lowest BCUT2D eigenvalue weighted by atomic mass is 10.1. The topological polar surface area (TPSA) is 70.7 Å². The predicted molar refractivity (Wildman–Crippen MR) is 124 cm³/mol. The van der Waals surface area contributed by atoms with Crippen molar-refractivity contribution >= 4 is 23.3 Å². The quantitative estimate of drug-likeness (QED) is 0.643. The molecular weight excluding hydrogens is 410 g/mol. The number of ether oxygens (including phenoxy) is 1. The van der Waals surface area contributed by atoms with Crippen LogP contribution < -0.4 is 10.6 Å². The van der Waals surface area contributed by atoms with Crippen LogP contribution in [0.3, 0.4) is 0 Å². The number of amides is 2. The van der Waals surface area contributed by atoms with E-state index in [0.717, 1.165) is 18.7 Å². The van der Waals surface area contributed by atoms with Crippen molar-refractivity contribution in [2.24, 2.45) is 0 Å². The van der Waals surface area contributed by atoms with Crippen molar-refractivity contribution in [3.05, 3.63) is 58.3 Å². The summed E-state index contributed by atoms with van der Waals surface area (Å²) in [6.07, 6.45) is 2.19. The lowest BCUT2D eigenvalue weighted by Gasteiger charge is -2.28. The van der Waals surface area contributed by atoms with Crippen LogP contribution in [0.4, 0.5) is 4.79 Å². The number of hydrogen-bond donors (Lipinski definition) is 2. The molecule has 1 unspecified atom stereocenters. The first kappa shape index (κ1) is 23.3. The SMILES string of the molecule is CC(C)(C)OC(=O)N[C@@H](Cc1ccccc1)C(=O)NCC(c1cccs1)N1CCCC1. The molecule has 1 aliphatic heterocycles. The number of rotatable bonds is 8. The molecule has 1 fully saturated rings. The van der Waals surface area contributed by atoms with E-state index >= 15 is 0 Å². The first-order valence-corrected chi connectivity index (χ1v) is 11.8. The summed E-state index contributed by atoms with van der Waals surface area (Å²) in [5.74, 6) is -0.199. The molecule has 0 bridgehead atoms. The Labute approximate surface area is 189 Å². The summed E-state index contributed by atoms with van der Waals surface area (Å²) < 4.78 is 5.39. The van der Waals surface area contributed by atoms with Gasteiger partial charge in [-0.2, -0.15) is 0 Å². The first-order valence-electron chi connectivity index (χ1n) is 10.9. The highest BCUT2D eigenvalue weighted by Crippen LogP contribution is 2.27. The number of nitrogens with zero attached hydrogens (tertiary/aromatic N) is 1. The molecule has 31 heavy (non-hydrogen) atoms. The molecule has 1 aromatic heterocycles. The van der Waals surface area contributed by atoms with E-state index in [1.807, 2.05) is 36.4 Å². The van der Waals surface area contributed by atoms with Gasteiger partial charge in [0, 0.05) is 17.8 Å². The maximum absolute atomic E-state index is 13.1. The van der Waals surface area contributed by atoms with Crippen LogP contribution in [0.25, 0.3) is 0 Å². The highest BCUT2D eigenvalue weighted by atomic mass is 32.1. The molecule has 6 nitrogen and oxygen atoms in total. The zero-order chi connectivity index (χ0) is 22.3. The number of carbonyl (C=O) groups excluding carboxylic acids is 2. The molecule has 2 amide bonds. The molecule has 1 aromatic carbocycles. The maximum atomic E-state index is 13.1. The van der Waals surface area contributed by atoms with Gasteiger partial charge in [0.2, 0.25) is 5.91 Å². The monoisotopic (exact) mass is 443 g/mol.